The summed E-state index contributed by atoms with van der Waals surface area (Å²) >= 11 is 0. The summed E-state index contributed by atoms with van der Waals surface area (Å²) < 4.78 is 11.5. The minimum atomic E-state index is -0.966. The molecule has 3 aromatic rings. The summed E-state index contributed by atoms with van der Waals surface area (Å²) in [7, 11) is 0. The number of carboxylic acids is 2. The van der Waals surface area contributed by atoms with Crippen molar-refractivity contribution in [1.29, 1.82) is 0 Å². The summed E-state index contributed by atoms with van der Waals surface area (Å²) in [5.41, 5.74) is 3.31. The van der Waals surface area contributed by atoms with Crippen LogP contribution in [-0.4, -0.2) is 22.2 Å². The Balaban J connectivity index is 0.000000391. The van der Waals surface area contributed by atoms with E-state index in [0.29, 0.717) is 25.2 Å². The first-order valence-electron chi connectivity index (χ1n) is 12.7. The number of ether oxygens (including phenoxy) is 2. The maximum atomic E-state index is 10.5. The lowest BCUT2D eigenvalue weighted by molar-refractivity contribution is -0.133. The standard InChI is InChI=1S/C23H20O4.C9H16O2/c24-23(25)15-10-18-6-11-21(12-7-18)27-17-20-8-13-22(14-9-20)26-16-19-4-2-1-3-5-19;1-3-4-5-6-7-8(2)9(10)11/h1-15H,16-17H2,(H,24,25);2-7H2,1H3,(H,10,11). The third-order valence-corrected chi connectivity index (χ3v) is 5.51. The molecule has 0 fully saturated rings. The summed E-state index contributed by atoms with van der Waals surface area (Å²) in [5.74, 6) is -0.280. The van der Waals surface area contributed by atoms with Crippen LogP contribution in [-0.2, 0) is 22.8 Å². The van der Waals surface area contributed by atoms with E-state index in [1.54, 1.807) is 6.08 Å². The van der Waals surface area contributed by atoms with Crippen molar-refractivity contribution < 1.29 is 29.3 Å². The summed E-state index contributed by atoms with van der Waals surface area (Å²) in [6.07, 6.45) is 7.72. The van der Waals surface area contributed by atoms with Gasteiger partial charge in [0.1, 0.15) is 24.7 Å². The van der Waals surface area contributed by atoms with Gasteiger partial charge in [-0.3, -0.25) is 0 Å². The third kappa shape index (κ3) is 12.6. The van der Waals surface area contributed by atoms with Crippen molar-refractivity contribution in [2.75, 3.05) is 0 Å². The first-order valence-corrected chi connectivity index (χ1v) is 12.7. The molecule has 0 aliphatic rings. The summed E-state index contributed by atoms with van der Waals surface area (Å²) in [4.78, 5) is 20.8. The molecule has 2 N–H and O–H groups in total. The molecule has 3 aromatic carbocycles. The molecule has 0 bridgehead atoms. The maximum Gasteiger partial charge on any atom is 0.330 e. The van der Waals surface area contributed by atoms with Crippen LogP contribution in [0.15, 0.2) is 97.1 Å². The maximum absolute atomic E-state index is 10.5. The number of unbranched alkanes of at least 4 members (excludes halogenated alkanes) is 3. The second-order valence-electron chi connectivity index (χ2n) is 8.67. The molecule has 0 saturated carbocycles. The van der Waals surface area contributed by atoms with Crippen LogP contribution >= 0.6 is 0 Å². The van der Waals surface area contributed by atoms with Crippen LogP contribution in [0.4, 0.5) is 0 Å². The summed E-state index contributed by atoms with van der Waals surface area (Å²) in [6.45, 7) is 6.57. The normalized spacial score (nSPS) is 10.3. The van der Waals surface area contributed by atoms with Crippen molar-refractivity contribution in [3.8, 4) is 11.5 Å². The van der Waals surface area contributed by atoms with E-state index >= 15 is 0 Å². The molecule has 38 heavy (non-hydrogen) atoms. The van der Waals surface area contributed by atoms with Crippen LogP contribution < -0.4 is 9.47 Å². The first-order chi connectivity index (χ1) is 18.4. The van der Waals surface area contributed by atoms with E-state index in [-0.39, 0.29) is 0 Å². The molecule has 6 heteroatoms. The highest BCUT2D eigenvalue weighted by Crippen LogP contribution is 2.18. The van der Waals surface area contributed by atoms with E-state index in [1.807, 2.05) is 78.9 Å². The third-order valence-electron chi connectivity index (χ3n) is 5.51. The largest absolute Gasteiger partial charge is 0.489 e. The molecule has 0 aliphatic carbocycles. The first kappa shape index (κ1) is 29.9. The molecule has 0 spiro atoms. The topological polar surface area (TPSA) is 93.1 Å². The average molecular weight is 517 g/mol. The van der Waals surface area contributed by atoms with Crippen molar-refractivity contribution in [3.05, 3.63) is 114 Å². The van der Waals surface area contributed by atoms with Gasteiger partial charge in [0.2, 0.25) is 0 Å². The van der Waals surface area contributed by atoms with Crippen LogP contribution in [0.25, 0.3) is 6.08 Å². The molecule has 0 radical (unpaired) electrons. The number of hydrogen-bond acceptors (Lipinski definition) is 4. The molecular weight excluding hydrogens is 480 g/mol. The zero-order valence-corrected chi connectivity index (χ0v) is 21.8. The van der Waals surface area contributed by atoms with Crippen molar-refractivity contribution in [2.24, 2.45) is 0 Å². The van der Waals surface area contributed by atoms with Crippen LogP contribution in [0.1, 0.15) is 55.7 Å². The molecule has 0 atom stereocenters. The van der Waals surface area contributed by atoms with Gasteiger partial charge in [0.05, 0.1) is 0 Å². The Morgan fingerprint density at radius 2 is 1.32 bits per heavy atom. The lowest BCUT2D eigenvalue weighted by atomic mass is 10.1. The fourth-order valence-electron chi connectivity index (χ4n) is 3.30. The van der Waals surface area contributed by atoms with Gasteiger partial charge in [-0.05, 0) is 59.9 Å². The van der Waals surface area contributed by atoms with E-state index in [1.165, 1.54) is 12.8 Å². The molecule has 0 aliphatic heterocycles. The zero-order chi connectivity index (χ0) is 27.6. The summed E-state index contributed by atoms with van der Waals surface area (Å²) in [5, 5.41) is 17.1. The van der Waals surface area contributed by atoms with Gasteiger partial charge in [0.15, 0.2) is 0 Å². The lowest BCUT2D eigenvalue weighted by Crippen LogP contribution is -1.98. The van der Waals surface area contributed by atoms with E-state index in [9.17, 15) is 9.59 Å². The lowest BCUT2D eigenvalue weighted by Gasteiger charge is -2.09. The molecule has 0 saturated heterocycles. The van der Waals surface area contributed by atoms with Gasteiger partial charge in [-0.1, -0.05) is 87.4 Å². The monoisotopic (exact) mass is 516 g/mol. The minimum Gasteiger partial charge on any atom is -0.489 e. The second-order valence-corrected chi connectivity index (χ2v) is 8.67. The van der Waals surface area contributed by atoms with Gasteiger partial charge in [-0.2, -0.15) is 0 Å². The van der Waals surface area contributed by atoms with Crippen molar-refractivity contribution in [2.45, 2.75) is 52.2 Å². The number of hydrogen-bond donors (Lipinski definition) is 2. The highest BCUT2D eigenvalue weighted by atomic mass is 16.5. The van der Waals surface area contributed by atoms with Gasteiger partial charge in [-0.15, -0.1) is 0 Å². The van der Waals surface area contributed by atoms with Crippen molar-refractivity contribution in [3.63, 3.8) is 0 Å². The van der Waals surface area contributed by atoms with Gasteiger partial charge in [-0.25, -0.2) is 9.59 Å². The Bertz CT molecular complexity index is 1150. The predicted molar refractivity (Wildman–Crippen MR) is 150 cm³/mol. The molecule has 6 nitrogen and oxygen atoms in total. The van der Waals surface area contributed by atoms with Crippen molar-refractivity contribution in [1.82, 2.24) is 0 Å². The number of carbonyl (C=O) groups is 2. The van der Waals surface area contributed by atoms with Crippen LogP contribution in [0.3, 0.4) is 0 Å². The highest BCUT2D eigenvalue weighted by Gasteiger charge is 2.02. The SMILES string of the molecule is C=C(CCCCCC)C(=O)O.O=C(O)C=Cc1ccc(OCc2ccc(OCc3ccccc3)cc2)cc1. The molecule has 200 valence electrons. The quantitative estimate of drug-likeness (QED) is 0.170. The van der Waals surface area contributed by atoms with E-state index in [2.05, 4.69) is 13.5 Å². The number of aliphatic carboxylic acids is 2. The van der Waals surface area contributed by atoms with Gasteiger partial charge in [0.25, 0.3) is 0 Å². The number of carboxylic acid groups (broad SMARTS) is 2. The van der Waals surface area contributed by atoms with Crippen molar-refractivity contribution >= 4 is 18.0 Å². The fraction of sp³-hybridized carbons (Fsp3) is 0.250. The molecule has 0 aromatic heterocycles. The highest BCUT2D eigenvalue weighted by molar-refractivity contribution is 5.85. The molecule has 0 unspecified atom stereocenters. The number of benzene rings is 3. The fourth-order valence-corrected chi connectivity index (χ4v) is 3.30. The molecule has 0 amide bonds. The van der Waals surface area contributed by atoms with Crippen LogP contribution in [0.5, 0.6) is 11.5 Å². The van der Waals surface area contributed by atoms with Gasteiger partial charge in [0, 0.05) is 11.6 Å². The van der Waals surface area contributed by atoms with E-state index in [0.717, 1.165) is 47.1 Å². The second kappa shape index (κ2) is 17.2. The Labute approximate surface area is 224 Å². The Kier molecular flexibility index (Phi) is 13.5. The van der Waals surface area contributed by atoms with Crippen LogP contribution in [0.2, 0.25) is 0 Å². The Morgan fingerprint density at radius 3 is 1.84 bits per heavy atom. The molecule has 0 heterocycles. The van der Waals surface area contributed by atoms with E-state index in [4.69, 9.17) is 19.7 Å². The smallest absolute Gasteiger partial charge is 0.330 e. The minimum absolute atomic E-state index is 0.334. The average Bonchev–Trinajstić information content (AvgIpc) is 2.94. The van der Waals surface area contributed by atoms with Crippen LogP contribution in [0, 0.1) is 0 Å². The van der Waals surface area contributed by atoms with Gasteiger partial charge < -0.3 is 19.7 Å². The Hall–Kier alpha value is -4.32. The Morgan fingerprint density at radius 1 is 0.763 bits per heavy atom. The zero-order valence-electron chi connectivity index (χ0n) is 21.8. The van der Waals surface area contributed by atoms with E-state index < -0.39 is 11.9 Å². The molecular formula is C32H36O6. The van der Waals surface area contributed by atoms with Gasteiger partial charge >= 0.3 is 11.9 Å². The number of rotatable bonds is 14. The predicted octanol–water partition coefficient (Wildman–Crippen LogP) is 7.54. The summed E-state index contributed by atoms with van der Waals surface area (Å²) in [6, 6.07) is 25.1. The molecule has 3 rings (SSSR count).